The summed E-state index contributed by atoms with van der Waals surface area (Å²) >= 11 is 0. The highest BCUT2D eigenvalue weighted by atomic mass is 19.1. The number of halogens is 1. The van der Waals surface area contributed by atoms with E-state index in [1.807, 2.05) is 12.1 Å². The smallest absolute Gasteiger partial charge is 0.305 e. The van der Waals surface area contributed by atoms with Gasteiger partial charge in [-0.25, -0.2) is 4.39 Å². The molecule has 1 unspecified atom stereocenters. The zero-order chi connectivity index (χ0) is 23.4. The molecule has 10 heteroatoms. The van der Waals surface area contributed by atoms with E-state index in [0.717, 1.165) is 29.5 Å². The Balaban J connectivity index is 1.53. The number of aliphatic carboxylic acids is 1. The SMILES string of the molecule is O=C(O)CC(NC(=O)c1cc(O)n(-c2ccccc2F)n1)c1ccc(N2CCOCC2)cc1. The van der Waals surface area contributed by atoms with E-state index in [1.165, 1.54) is 18.2 Å². The van der Waals surface area contributed by atoms with Crippen molar-refractivity contribution in [2.75, 3.05) is 31.2 Å². The Morgan fingerprint density at radius 3 is 2.48 bits per heavy atom. The molecule has 1 aliphatic heterocycles. The van der Waals surface area contributed by atoms with E-state index >= 15 is 0 Å². The fourth-order valence-corrected chi connectivity index (χ4v) is 3.68. The Hall–Kier alpha value is -3.92. The second kappa shape index (κ2) is 9.70. The first-order chi connectivity index (χ1) is 15.9. The van der Waals surface area contributed by atoms with Gasteiger partial charge in [-0.15, -0.1) is 0 Å². The van der Waals surface area contributed by atoms with Crippen LogP contribution in [0.25, 0.3) is 5.69 Å². The van der Waals surface area contributed by atoms with Crippen molar-refractivity contribution < 1.29 is 28.9 Å². The number of anilines is 1. The number of hydrogen-bond donors (Lipinski definition) is 3. The Morgan fingerprint density at radius 1 is 1.12 bits per heavy atom. The number of nitrogens with one attached hydrogen (secondary N) is 1. The van der Waals surface area contributed by atoms with Gasteiger partial charge in [0, 0.05) is 24.8 Å². The minimum Gasteiger partial charge on any atom is -0.493 e. The van der Waals surface area contributed by atoms with Gasteiger partial charge in [0.05, 0.1) is 25.7 Å². The maximum absolute atomic E-state index is 14.1. The lowest BCUT2D eigenvalue weighted by atomic mass is 10.0. The fraction of sp³-hybridized carbons (Fsp3) is 0.261. The molecule has 33 heavy (non-hydrogen) atoms. The molecule has 1 saturated heterocycles. The summed E-state index contributed by atoms with van der Waals surface area (Å²) in [6, 6.07) is 13.3. The number of para-hydroxylation sites is 1. The number of carbonyl (C=O) groups is 2. The molecule has 172 valence electrons. The van der Waals surface area contributed by atoms with Crippen molar-refractivity contribution in [1.82, 2.24) is 15.1 Å². The normalized spacial score (nSPS) is 14.6. The lowest BCUT2D eigenvalue weighted by molar-refractivity contribution is -0.137. The van der Waals surface area contributed by atoms with Crippen LogP contribution in [0.4, 0.5) is 10.1 Å². The van der Waals surface area contributed by atoms with E-state index in [-0.39, 0.29) is 17.8 Å². The Bertz CT molecular complexity index is 1140. The second-order valence-electron chi connectivity index (χ2n) is 7.57. The van der Waals surface area contributed by atoms with Crippen molar-refractivity contribution in [2.24, 2.45) is 0 Å². The largest absolute Gasteiger partial charge is 0.493 e. The molecule has 4 rings (SSSR count). The van der Waals surface area contributed by atoms with Gasteiger partial charge in [-0.05, 0) is 29.8 Å². The van der Waals surface area contributed by atoms with Crippen LogP contribution in [-0.2, 0) is 9.53 Å². The number of amides is 1. The molecule has 0 spiro atoms. The molecule has 1 fully saturated rings. The molecule has 0 saturated carbocycles. The molecular weight excluding hydrogens is 431 g/mol. The van der Waals surface area contributed by atoms with Crippen LogP contribution in [0.15, 0.2) is 54.6 Å². The molecular formula is C23H23FN4O5. The van der Waals surface area contributed by atoms with Crippen molar-refractivity contribution in [3.05, 3.63) is 71.7 Å². The first-order valence-corrected chi connectivity index (χ1v) is 10.4. The first-order valence-electron chi connectivity index (χ1n) is 10.4. The lowest BCUT2D eigenvalue weighted by Gasteiger charge is -2.29. The van der Waals surface area contributed by atoms with Crippen LogP contribution in [0.3, 0.4) is 0 Å². The fourth-order valence-electron chi connectivity index (χ4n) is 3.68. The maximum Gasteiger partial charge on any atom is 0.305 e. The second-order valence-corrected chi connectivity index (χ2v) is 7.57. The Morgan fingerprint density at radius 2 is 1.82 bits per heavy atom. The summed E-state index contributed by atoms with van der Waals surface area (Å²) in [4.78, 5) is 26.4. The Labute approximate surface area is 189 Å². The third kappa shape index (κ3) is 5.12. The number of benzene rings is 2. The number of rotatable bonds is 7. The summed E-state index contributed by atoms with van der Waals surface area (Å²) in [5.74, 6) is -2.82. The summed E-state index contributed by atoms with van der Waals surface area (Å²) in [7, 11) is 0. The molecule has 1 aromatic heterocycles. The standard InChI is InChI=1S/C23H23FN4O5/c24-17-3-1-2-4-20(17)28-21(29)13-19(26-28)23(32)25-18(14-22(30)31)15-5-7-16(8-6-15)27-9-11-33-12-10-27/h1-8,13,18,29H,9-12,14H2,(H,25,32)(H,30,31). The van der Waals surface area contributed by atoms with Crippen molar-refractivity contribution in [3.63, 3.8) is 0 Å². The quantitative estimate of drug-likeness (QED) is 0.502. The highest BCUT2D eigenvalue weighted by Gasteiger charge is 2.23. The number of hydrogen-bond acceptors (Lipinski definition) is 6. The highest BCUT2D eigenvalue weighted by molar-refractivity contribution is 5.93. The number of aromatic nitrogens is 2. The van der Waals surface area contributed by atoms with Crippen molar-refractivity contribution in [2.45, 2.75) is 12.5 Å². The van der Waals surface area contributed by atoms with Gasteiger partial charge in [-0.1, -0.05) is 24.3 Å². The lowest BCUT2D eigenvalue weighted by Crippen LogP contribution is -2.36. The van der Waals surface area contributed by atoms with Crippen LogP contribution in [-0.4, -0.2) is 58.2 Å². The molecule has 2 aromatic carbocycles. The van der Waals surface area contributed by atoms with Crippen LogP contribution in [0.1, 0.15) is 28.5 Å². The Kier molecular flexibility index (Phi) is 6.55. The van der Waals surface area contributed by atoms with Gasteiger partial charge in [0.2, 0.25) is 5.88 Å². The number of carbonyl (C=O) groups excluding carboxylic acids is 1. The number of carboxylic acid groups (broad SMARTS) is 1. The third-order valence-electron chi connectivity index (χ3n) is 5.36. The molecule has 2 heterocycles. The van der Waals surface area contributed by atoms with E-state index in [1.54, 1.807) is 18.2 Å². The average Bonchev–Trinajstić information content (AvgIpc) is 3.21. The molecule has 3 N–H and O–H groups in total. The van der Waals surface area contributed by atoms with Crippen LogP contribution in [0.2, 0.25) is 0 Å². The molecule has 9 nitrogen and oxygen atoms in total. The first kappa shape index (κ1) is 22.3. The summed E-state index contributed by atoms with van der Waals surface area (Å²) in [6.45, 7) is 2.82. The van der Waals surface area contributed by atoms with Crippen LogP contribution >= 0.6 is 0 Å². The van der Waals surface area contributed by atoms with E-state index in [9.17, 15) is 24.2 Å². The zero-order valence-corrected chi connectivity index (χ0v) is 17.6. The predicted octanol–water partition coefficient (Wildman–Crippen LogP) is 2.50. The van der Waals surface area contributed by atoms with Gasteiger partial charge >= 0.3 is 5.97 Å². The molecule has 3 aromatic rings. The van der Waals surface area contributed by atoms with Crippen LogP contribution in [0.5, 0.6) is 5.88 Å². The average molecular weight is 454 g/mol. The maximum atomic E-state index is 14.1. The van der Waals surface area contributed by atoms with E-state index in [4.69, 9.17) is 4.74 Å². The van der Waals surface area contributed by atoms with Crippen molar-refractivity contribution in [1.29, 1.82) is 0 Å². The molecule has 0 bridgehead atoms. The summed E-state index contributed by atoms with van der Waals surface area (Å²) in [6.07, 6.45) is -0.345. The van der Waals surface area contributed by atoms with Gasteiger partial charge in [0.15, 0.2) is 5.69 Å². The van der Waals surface area contributed by atoms with E-state index < -0.39 is 29.6 Å². The van der Waals surface area contributed by atoms with Crippen LogP contribution < -0.4 is 10.2 Å². The van der Waals surface area contributed by atoms with Gasteiger partial charge in [-0.2, -0.15) is 9.78 Å². The van der Waals surface area contributed by atoms with E-state index in [2.05, 4.69) is 15.3 Å². The van der Waals surface area contributed by atoms with Gasteiger partial charge in [0.1, 0.15) is 11.5 Å². The summed E-state index contributed by atoms with van der Waals surface area (Å²) in [5, 5.41) is 26.1. The van der Waals surface area contributed by atoms with Crippen molar-refractivity contribution >= 4 is 17.6 Å². The minimum absolute atomic E-state index is 0.0187. The van der Waals surface area contributed by atoms with Crippen molar-refractivity contribution in [3.8, 4) is 11.6 Å². The molecule has 1 amide bonds. The van der Waals surface area contributed by atoms with Crippen LogP contribution in [0, 0.1) is 5.82 Å². The summed E-state index contributed by atoms with van der Waals surface area (Å²) < 4.78 is 20.3. The molecule has 0 radical (unpaired) electrons. The molecule has 1 atom stereocenters. The number of nitrogens with zero attached hydrogens (tertiary/aromatic N) is 3. The number of morpholine rings is 1. The van der Waals surface area contributed by atoms with Gasteiger partial charge in [0.25, 0.3) is 5.91 Å². The topological polar surface area (TPSA) is 117 Å². The van der Waals surface area contributed by atoms with Gasteiger partial charge in [-0.3, -0.25) is 9.59 Å². The third-order valence-corrected chi connectivity index (χ3v) is 5.36. The minimum atomic E-state index is -1.09. The summed E-state index contributed by atoms with van der Waals surface area (Å²) in [5.41, 5.74) is 1.41. The highest BCUT2D eigenvalue weighted by Crippen LogP contribution is 2.24. The number of aromatic hydroxyl groups is 1. The monoisotopic (exact) mass is 454 g/mol. The molecule has 0 aliphatic carbocycles. The molecule has 1 aliphatic rings. The zero-order valence-electron chi connectivity index (χ0n) is 17.6. The van der Waals surface area contributed by atoms with Gasteiger partial charge < -0.3 is 25.2 Å². The predicted molar refractivity (Wildman–Crippen MR) is 117 cm³/mol. The van der Waals surface area contributed by atoms with E-state index in [0.29, 0.717) is 18.8 Å². The number of carboxylic acids is 1. The number of ether oxygens (including phenoxy) is 1.